The molecule has 0 atom stereocenters. The van der Waals surface area contributed by atoms with Crippen molar-refractivity contribution in [3.8, 4) is 10.4 Å². The van der Waals surface area contributed by atoms with Gasteiger partial charge < -0.3 is 5.32 Å². The minimum absolute atomic E-state index is 0.0256. The molecule has 7 heteroatoms. The monoisotopic (exact) mass is 409 g/mol. The van der Waals surface area contributed by atoms with Crippen LogP contribution in [0.25, 0.3) is 20.7 Å². The molecule has 0 spiro atoms. The Labute approximate surface area is 170 Å². The number of hydrogen-bond donors (Lipinski definition) is 1. The summed E-state index contributed by atoms with van der Waals surface area (Å²) in [4.78, 5) is 32.6. The van der Waals surface area contributed by atoms with Crippen molar-refractivity contribution in [3.63, 3.8) is 0 Å². The van der Waals surface area contributed by atoms with Crippen LogP contribution in [-0.4, -0.2) is 22.0 Å². The van der Waals surface area contributed by atoms with Crippen molar-refractivity contribution in [2.75, 3.05) is 6.54 Å². The average molecular weight is 410 g/mol. The third-order valence-electron chi connectivity index (χ3n) is 4.54. The fourth-order valence-electron chi connectivity index (χ4n) is 3.13. The highest BCUT2D eigenvalue weighted by molar-refractivity contribution is 7.22. The first-order valence-corrected chi connectivity index (χ1v) is 10.7. The summed E-state index contributed by atoms with van der Waals surface area (Å²) in [5.74, 6) is -0.184. The normalized spacial score (nSPS) is 11.0. The Kier molecular flexibility index (Phi) is 5.36. The van der Waals surface area contributed by atoms with Crippen LogP contribution in [0.15, 0.2) is 59.0 Å². The lowest BCUT2D eigenvalue weighted by atomic mass is 10.1. The molecule has 0 aliphatic heterocycles. The largest absolute Gasteiger partial charge is 0.354 e. The predicted octanol–water partition coefficient (Wildman–Crippen LogP) is 3.85. The van der Waals surface area contributed by atoms with E-state index in [1.54, 1.807) is 11.3 Å². The van der Waals surface area contributed by atoms with Gasteiger partial charge in [0.05, 0.1) is 11.7 Å². The molecule has 4 rings (SSSR count). The fourth-order valence-corrected chi connectivity index (χ4v) is 4.98. The molecule has 1 amide bonds. The molecule has 3 heterocycles. The molecule has 1 N–H and O–H groups in total. The third kappa shape index (κ3) is 3.76. The topological polar surface area (TPSA) is 64.0 Å². The Morgan fingerprint density at radius 2 is 2.00 bits per heavy atom. The van der Waals surface area contributed by atoms with Crippen molar-refractivity contribution in [1.29, 1.82) is 0 Å². The Morgan fingerprint density at radius 1 is 1.18 bits per heavy atom. The number of carbonyl (C=O) groups is 1. The van der Waals surface area contributed by atoms with E-state index in [1.165, 1.54) is 27.1 Å². The molecule has 28 heavy (non-hydrogen) atoms. The van der Waals surface area contributed by atoms with Gasteiger partial charge >= 0.3 is 0 Å². The minimum atomic E-state index is -0.184. The van der Waals surface area contributed by atoms with Crippen molar-refractivity contribution >= 4 is 38.8 Å². The summed E-state index contributed by atoms with van der Waals surface area (Å²) in [6.45, 7) is 2.47. The summed E-state index contributed by atoms with van der Waals surface area (Å²) in [5, 5.41) is 5.49. The smallest absolute Gasteiger partial charge is 0.262 e. The van der Waals surface area contributed by atoms with E-state index in [-0.39, 0.29) is 18.0 Å². The van der Waals surface area contributed by atoms with Crippen LogP contribution in [0.5, 0.6) is 0 Å². The van der Waals surface area contributed by atoms with Gasteiger partial charge in [-0.2, -0.15) is 0 Å². The number of benzene rings is 1. The van der Waals surface area contributed by atoms with E-state index in [9.17, 15) is 9.59 Å². The van der Waals surface area contributed by atoms with Crippen molar-refractivity contribution in [3.05, 3.63) is 75.0 Å². The van der Waals surface area contributed by atoms with E-state index in [0.29, 0.717) is 16.8 Å². The van der Waals surface area contributed by atoms with Gasteiger partial charge in [-0.3, -0.25) is 14.2 Å². The second-order valence-corrected chi connectivity index (χ2v) is 8.49. The van der Waals surface area contributed by atoms with Gasteiger partial charge in [0.1, 0.15) is 11.4 Å². The van der Waals surface area contributed by atoms with Crippen LogP contribution in [0.3, 0.4) is 0 Å². The summed E-state index contributed by atoms with van der Waals surface area (Å²) in [6, 6.07) is 14.0. The number of nitrogens with one attached hydrogen (secondary N) is 1. The summed E-state index contributed by atoms with van der Waals surface area (Å²) in [5.41, 5.74) is 1.81. The summed E-state index contributed by atoms with van der Waals surface area (Å²) >= 11 is 3.18. The molecule has 1 aromatic carbocycles. The molecule has 4 aromatic rings. The van der Waals surface area contributed by atoms with E-state index in [2.05, 4.69) is 10.3 Å². The van der Waals surface area contributed by atoms with Crippen LogP contribution in [0.2, 0.25) is 0 Å². The maximum Gasteiger partial charge on any atom is 0.262 e. The van der Waals surface area contributed by atoms with E-state index >= 15 is 0 Å². The predicted molar refractivity (Wildman–Crippen MR) is 115 cm³/mol. The highest BCUT2D eigenvalue weighted by Gasteiger charge is 2.16. The summed E-state index contributed by atoms with van der Waals surface area (Å²) in [6.07, 6.45) is 2.26. The standard InChI is InChI=1S/C21H19N3O2S2/c1-14-18-20(28-19(14)15-6-3-2-4-7-15)23-13-24(21(18)26)12-17(25)22-10-9-16-8-5-11-27-16/h2-8,11,13H,9-10,12H2,1H3,(H,22,25). The number of rotatable bonds is 6. The minimum Gasteiger partial charge on any atom is -0.354 e. The Hall–Kier alpha value is -2.77. The highest BCUT2D eigenvalue weighted by Crippen LogP contribution is 2.35. The lowest BCUT2D eigenvalue weighted by Gasteiger charge is -2.07. The summed E-state index contributed by atoms with van der Waals surface area (Å²) in [7, 11) is 0. The van der Waals surface area contributed by atoms with Crippen molar-refractivity contribution in [1.82, 2.24) is 14.9 Å². The van der Waals surface area contributed by atoms with Crippen molar-refractivity contribution < 1.29 is 4.79 Å². The quantitative estimate of drug-likeness (QED) is 0.526. The fraction of sp³-hybridized carbons (Fsp3) is 0.190. The SMILES string of the molecule is Cc1c(-c2ccccc2)sc2ncn(CC(=O)NCCc3cccs3)c(=O)c12. The number of aromatic nitrogens is 2. The molecule has 0 aliphatic carbocycles. The van der Waals surface area contributed by atoms with Crippen LogP contribution in [0.4, 0.5) is 0 Å². The lowest BCUT2D eigenvalue weighted by molar-refractivity contribution is -0.121. The van der Waals surface area contributed by atoms with Crippen LogP contribution in [0, 0.1) is 6.92 Å². The maximum atomic E-state index is 12.9. The van der Waals surface area contributed by atoms with Crippen molar-refractivity contribution in [2.45, 2.75) is 19.9 Å². The molecule has 0 unspecified atom stereocenters. The van der Waals surface area contributed by atoms with Crippen LogP contribution in [0.1, 0.15) is 10.4 Å². The Bertz CT molecular complexity index is 1160. The van der Waals surface area contributed by atoms with Gasteiger partial charge in [-0.15, -0.1) is 22.7 Å². The van der Waals surface area contributed by atoms with Gasteiger partial charge in [-0.05, 0) is 35.9 Å². The van der Waals surface area contributed by atoms with Crippen LogP contribution < -0.4 is 10.9 Å². The number of fused-ring (bicyclic) bond motifs is 1. The molecule has 0 radical (unpaired) electrons. The third-order valence-corrected chi connectivity index (χ3v) is 6.73. The van der Waals surface area contributed by atoms with Gasteiger partial charge in [0.2, 0.25) is 5.91 Å². The van der Waals surface area contributed by atoms with E-state index in [0.717, 1.165) is 22.4 Å². The Morgan fingerprint density at radius 3 is 2.75 bits per heavy atom. The van der Waals surface area contributed by atoms with Gasteiger partial charge in [0.25, 0.3) is 5.56 Å². The van der Waals surface area contributed by atoms with E-state index < -0.39 is 0 Å². The molecule has 0 saturated heterocycles. The molecule has 5 nitrogen and oxygen atoms in total. The first kappa shape index (κ1) is 18.6. The molecular formula is C21H19N3O2S2. The maximum absolute atomic E-state index is 12.9. The molecular weight excluding hydrogens is 390 g/mol. The van der Waals surface area contributed by atoms with Gasteiger partial charge in [0, 0.05) is 16.3 Å². The highest BCUT2D eigenvalue weighted by atomic mass is 32.1. The van der Waals surface area contributed by atoms with Gasteiger partial charge in [-0.1, -0.05) is 36.4 Å². The second-order valence-electron chi connectivity index (χ2n) is 6.46. The number of thiophene rings is 2. The van der Waals surface area contributed by atoms with Crippen LogP contribution in [-0.2, 0) is 17.8 Å². The first-order valence-electron chi connectivity index (χ1n) is 8.96. The molecule has 0 saturated carbocycles. The number of nitrogens with zero attached hydrogens (tertiary/aromatic N) is 2. The zero-order valence-corrected chi connectivity index (χ0v) is 17.0. The molecule has 0 bridgehead atoms. The zero-order valence-electron chi connectivity index (χ0n) is 15.3. The molecule has 3 aromatic heterocycles. The van der Waals surface area contributed by atoms with Crippen LogP contribution >= 0.6 is 22.7 Å². The second kappa shape index (κ2) is 8.08. The van der Waals surface area contributed by atoms with E-state index in [1.807, 2.05) is 54.8 Å². The molecule has 0 aliphatic rings. The number of amides is 1. The average Bonchev–Trinajstić information content (AvgIpc) is 3.33. The number of carbonyl (C=O) groups excluding carboxylic acids is 1. The molecule has 0 fully saturated rings. The van der Waals surface area contributed by atoms with Gasteiger partial charge in [-0.25, -0.2) is 4.98 Å². The van der Waals surface area contributed by atoms with E-state index in [4.69, 9.17) is 0 Å². The zero-order chi connectivity index (χ0) is 19.5. The lowest BCUT2D eigenvalue weighted by Crippen LogP contribution is -2.33. The Balaban J connectivity index is 1.53. The summed E-state index contributed by atoms with van der Waals surface area (Å²) < 4.78 is 1.39. The van der Waals surface area contributed by atoms with Crippen molar-refractivity contribution in [2.24, 2.45) is 0 Å². The number of aryl methyl sites for hydroxylation is 1. The van der Waals surface area contributed by atoms with Gasteiger partial charge in [0.15, 0.2) is 0 Å². The molecule has 142 valence electrons. The first-order chi connectivity index (χ1) is 13.6. The number of hydrogen-bond acceptors (Lipinski definition) is 5.